The normalized spacial score (nSPS) is 43.0. The highest BCUT2D eigenvalue weighted by Crippen LogP contribution is 2.32. The van der Waals surface area contributed by atoms with Crippen LogP contribution in [0.25, 0.3) is 0 Å². The van der Waals surface area contributed by atoms with Crippen LogP contribution in [0.2, 0.25) is 26.2 Å². The number of rotatable bonds is 4. The molecule has 6 nitrogen and oxygen atoms in total. The Balaban J connectivity index is 1.73. The summed E-state index contributed by atoms with van der Waals surface area (Å²) >= 11 is 0. The van der Waals surface area contributed by atoms with Gasteiger partial charge in [0.1, 0.15) is 0 Å². The number of hydrogen-bond donors (Lipinski definition) is 0. The van der Waals surface area contributed by atoms with Gasteiger partial charge in [-0.05, 0) is 38.8 Å². The Morgan fingerprint density at radius 1 is 0.750 bits per heavy atom. The van der Waals surface area contributed by atoms with E-state index in [2.05, 4.69) is 0 Å². The lowest BCUT2D eigenvalue weighted by Gasteiger charge is -2.42. The van der Waals surface area contributed by atoms with Crippen molar-refractivity contribution < 1.29 is 25.3 Å². The van der Waals surface area contributed by atoms with Gasteiger partial charge in [-0.2, -0.15) is 0 Å². The summed E-state index contributed by atoms with van der Waals surface area (Å²) < 4.78 is 37.9. The topological polar surface area (TPSA) is 55.4 Å². The molecule has 0 aromatic rings. The van der Waals surface area contributed by atoms with Gasteiger partial charge in [-0.25, -0.2) is 0 Å². The summed E-state index contributed by atoms with van der Waals surface area (Å²) in [5.41, 5.74) is 0. The summed E-state index contributed by atoms with van der Waals surface area (Å²) in [5.74, 6) is 0. The largest absolute Gasteiger partial charge is 0.481 e. The summed E-state index contributed by atoms with van der Waals surface area (Å²) in [7, 11) is -9.21. The minimum Gasteiger partial charge on any atom is -0.420 e. The van der Waals surface area contributed by atoms with Crippen LogP contribution in [0.5, 0.6) is 0 Å². The highest BCUT2D eigenvalue weighted by molar-refractivity contribution is 6.82. The van der Waals surface area contributed by atoms with E-state index in [1.54, 1.807) is 0 Å². The zero-order valence-corrected chi connectivity index (χ0v) is 19.7. The molecular weight excluding hydrogens is 376 g/mol. The van der Waals surface area contributed by atoms with Crippen molar-refractivity contribution in [2.45, 2.75) is 89.8 Å². The van der Waals surface area contributed by atoms with E-state index in [1.165, 1.54) is 25.7 Å². The first kappa shape index (κ1) is 19.4. The molecule has 1 heterocycles. The molecular formula is C14H32O6Si4. The smallest absolute Gasteiger partial charge is 0.420 e. The van der Waals surface area contributed by atoms with Crippen molar-refractivity contribution >= 4 is 36.2 Å². The van der Waals surface area contributed by atoms with Crippen LogP contribution < -0.4 is 0 Å². The van der Waals surface area contributed by atoms with E-state index in [1.807, 2.05) is 26.2 Å². The maximum Gasteiger partial charge on any atom is 0.481 e. The molecule has 2 aliphatic carbocycles. The fourth-order valence-corrected chi connectivity index (χ4v) is 18.9. The lowest BCUT2D eigenvalue weighted by atomic mass is 10.3. The standard InChI is InChI=1S/C14H32O6Si4/c1-21-17-22(2)19-24(4,16-14-11-7-8-12-14)20-23(3,18-21)15-13-9-5-6-10-13/h13-14,21-22H,5-12H2,1-4H3. The van der Waals surface area contributed by atoms with E-state index < -0.39 is 36.2 Å². The molecule has 0 N–H and O–H groups in total. The molecule has 4 unspecified atom stereocenters. The summed E-state index contributed by atoms with van der Waals surface area (Å²) in [6.07, 6.45) is 9.81. The van der Waals surface area contributed by atoms with Crippen molar-refractivity contribution in [1.29, 1.82) is 0 Å². The van der Waals surface area contributed by atoms with Crippen LogP contribution in [0.1, 0.15) is 51.4 Å². The lowest BCUT2D eigenvalue weighted by Crippen LogP contribution is -2.63. The molecule has 4 atom stereocenters. The van der Waals surface area contributed by atoms with Crippen molar-refractivity contribution in [2.24, 2.45) is 0 Å². The molecule has 0 amide bonds. The Kier molecular flexibility index (Phi) is 6.55. The predicted octanol–water partition coefficient (Wildman–Crippen LogP) is 2.82. The van der Waals surface area contributed by atoms with Gasteiger partial charge < -0.3 is 25.3 Å². The van der Waals surface area contributed by atoms with Crippen LogP contribution >= 0.6 is 0 Å². The van der Waals surface area contributed by atoms with Crippen molar-refractivity contribution in [2.75, 3.05) is 0 Å². The van der Waals surface area contributed by atoms with Crippen molar-refractivity contribution in [3.05, 3.63) is 0 Å². The average molecular weight is 409 g/mol. The molecule has 3 fully saturated rings. The average Bonchev–Trinajstić information content (AvgIpc) is 3.09. The molecule has 0 spiro atoms. The zero-order chi connectivity index (χ0) is 17.2. The molecule has 2 saturated carbocycles. The molecule has 0 aromatic heterocycles. The summed E-state index contributed by atoms with van der Waals surface area (Å²) in [6.45, 7) is 8.09. The molecule has 10 heteroatoms. The first-order valence-corrected chi connectivity index (χ1v) is 18.1. The molecule has 0 aromatic carbocycles. The Morgan fingerprint density at radius 2 is 1.12 bits per heavy atom. The third-order valence-corrected chi connectivity index (χ3v) is 18.5. The molecule has 3 aliphatic rings. The third-order valence-electron chi connectivity index (χ3n) is 4.88. The van der Waals surface area contributed by atoms with Crippen molar-refractivity contribution in [3.63, 3.8) is 0 Å². The van der Waals surface area contributed by atoms with Gasteiger partial charge in [0.15, 0.2) is 0 Å². The zero-order valence-electron chi connectivity index (χ0n) is 15.4. The van der Waals surface area contributed by atoms with Crippen molar-refractivity contribution in [1.82, 2.24) is 0 Å². The highest BCUT2D eigenvalue weighted by Gasteiger charge is 2.53. The van der Waals surface area contributed by atoms with Gasteiger partial charge in [0.05, 0.1) is 0 Å². The Labute approximate surface area is 151 Å². The monoisotopic (exact) mass is 408 g/mol. The third kappa shape index (κ3) is 5.31. The second kappa shape index (κ2) is 8.11. The Bertz CT molecular complexity index is 384. The molecule has 3 rings (SSSR count). The summed E-state index contributed by atoms with van der Waals surface area (Å²) in [6, 6.07) is 0. The molecule has 140 valence electrons. The van der Waals surface area contributed by atoms with Gasteiger partial charge in [0.2, 0.25) is 0 Å². The van der Waals surface area contributed by atoms with Crippen LogP contribution in [0, 0.1) is 0 Å². The second-order valence-electron chi connectivity index (χ2n) is 7.38. The minimum absolute atomic E-state index is 0.252. The first-order valence-electron chi connectivity index (χ1n) is 9.43. The van der Waals surface area contributed by atoms with Gasteiger partial charge in [0, 0.05) is 25.3 Å². The first-order chi connectivity index (χ1) is 11.4. The maximum atomic E-state index is 6.51. The maximum absolute atomic E-state index is 6.51. The predicted molar refractivity (Wildman–Crippen MR) is 100 cm³/mol. The van der Waals surface area contributed by atoms with Crippen LogP contribution in [-0.2, 0) is 25.3 Å². The van der Waals surface area contributed by atoms with Crippen LogP contribution in [0.3, 0.4) is 0 Å². The fourth-order valence-electron chi connectivity index (χ4n) is 4.03. The van der Waals surface area contributed by atoms with E-state index in [0.717, 1.165) is 25.7 Å². The SMILES string of the molecule is C[SiH]1O[SiH](C)O[Si](C)(OC2CCCC2)O[Si](C)(OC2CCCC2)O1. The molecule has 24 heavy (non-hydrogen) atoms. The van der Waals surface area contributed by atoms with Gasteiger partial charge in [0.25, 0.3) is 0 Å². The number of hydrogen-bond acceptors (Lipinski definition) is 6. The minimum atomic E-state index is -2.81. The highest BCUT2D eigenvalue weighted by atomic mass is 28.5. The van der Waals surface area contributed by atoms with Gasteiger partial charge in [-0.1, -0.05) is 25.7 Å². The summed E-state index contributed by atoms with van der Waals surface area (Å²) in [4.78, 5) is 0. The second-order valence-corrected chi connectivity index (χ2v) is 17.4. The Hall–Kier alpha value is 0.628. The molecule has 0 bridgehead atoms. The molecule has 1 aliphatic heterocycles. The van der Waals surface area contributed by atoms with Crippen LogP contribution in [-0.4, -0.2) is 48.4 Å². The van der Waals surface area contributed by atoms with Crippen molar-refractivity contribution in [3.8, 4) is 0 Å². The fraction of sp³-hybridized carbons (Fsp3) is 1.00. The van der Waals surface area contributed by atoms with Crippen LogP contribution in [0.15, 0.2) is 0 Å². The quantitative estimate of drug-likeness (QED) is 0.667. The van der Waals surface area contributed by atoms with E-state index >= 15 is 0 Å². The lowest BCUT2D eigenvalue weighted by molar-refractivity contribution is 0.0440. The van der Waals surface area contributed by atoms with Crippen LogP contribution in [0.4, 0.5) is 0 Å². The van der Waals surface area contributed by atoms with E-state index in [9.17, 15) is 0 Å². The van der Waals surface area contributed by atoms with E-state index in [-0.39, 0.29) is 12.2 Å². The van der Waals surface area contributed by atoms with Gasteiger partial charge in [-0.15, -0.1) is 0 Å². The van der Waals surface area contributed by atoms with E-state index in [4.69, 9.17) is 25.3 Å². The van der Waals surface area contributed by atoms with E-state index in [0.29, 0.717) is 0 Å². The van der Waals surface area contributed by atoms with Gasteiger partial charge in [-0.3, -0.25) is 0 Å². The molecule has 0 radical (unpaired) electrons. The molecule has 1 saturated heterocycles. The summed E-state index contributed by atoms with van der Waals surface area (Å²) in [5, 5.41) is 0. The Morgan fingerprint density at radius 3 is 1.50 bits per heavy atom. The van der Waals surface area contributed by atoms with Gasteiger partial charge >= 0.3 is 36.2 Å².